The van der Waals surface area contributed by atoms with Crippen molar-refractivity contribution in [2.45, 2.75) is 19.3 Å². The normalized spacial score (nSPS) is 17.9. The second kappa shape index (κ2) is 7.90. The monoisotopic (exact) mass is 369 g/mol. The number of piperidine rings is 1. The van der Waals surface area contributed by atoms with Gasteiger partial charge in [-0.15, -0.1) is 0 Å². The highest BCUT2D eigenvalue weighted by molar-refractivity contribution is 5.93. The predicted octanol–water partition coefficient (Wildman–Crippen LogP) is 2.57. The van der Waals surface area contributed by atoms with Crippen LogP contribution in [0.25, 0.3) is 0 Å². The third-order valence-electron chi connectivity index (χ3n) is 5.28. The maximum absolute atomic E-state index is 14.0. The minimum atomic E-state index is -0.192. The van der Waals surface area contributed by atoms with Crippen LogP contribution in [0.3, 0.4) is 0 Å². The van der Waals surface area contributed by atoms with Crippen LogP contribution in [0.4, 0.5) is 16.0 Å². The van der Waals surface area contributed by atoms with E-state index in [1.807, 2.05) is 21.9 Å². The highest BCUT2D eigenvalue weighted by Crippen LogP contribution is 2.21. The van der Waals surface area contributed by atoms with Gasteiger partial charge in [0.15, 0.2) is 0 Å². The van der Waals surface area contributed by atoms with E-state index < -0.39 is 0 Å². The van der Waals surface area contributed by atoms with E-state index in [0.717, 1.165) is 25.9 Å². The molecule has 0 spiro atoms. The number of benzene rings is 1. The van der Waals surface area contributed by atoms with Gasteiger partial charge in [-0.1, -0.05) is 12.1 Å². The van der Waals surface area contributed by atoms with E-state index in [2.05, 4.69) is 14.9 Å². The van der Waals surface area contributed by atoms with Crippen molar-refractivity contribution in [3.63, 3.8) is 0 Å². The van der Waals surface area contributed by atoms with Gasteiger partial charge < -0.3 is 14.7 Å². The molecule has 1 amide bonds. The molecule has 2 aromatic rings. The summed E-state index contributed by atoms with van der Waals surface area (Å²) in [5, 5.41) is 0. The Bertz CT molecular complexity index is 783. The van der Waals surface area contributed by atoms with Gasteiger partial charge in [0, 0.05) is 51.7 Å². The van der Waals surface area contributed by atoms with Crippen molar-refractivity contribution in [3.8, 4) is 0 Å². The molecule has 2 fully saturated rings. The number of aromatic nitrogens is 2. The Hall–Kier alpha value is -2.70. The van der Waals surface area contributed by atoms with Crippen molar-refractivity contribution in [2.24, 2.45) is 0 Å². The van der Waals surface area contributed by atoms with E-state index in [-0.39, 0.29) is 11.7 Å². The van der Waals surface area contributed by atoms with E-state index in [9.17, 15) is 9.18 Å². The minimum Gasteiger partial charge on any atom is -0.366 e. The number of carbonyl (C=O) groups is 1. The molecule has 1 aromatic carbocycles. The minimum absolute atomic E-state index is 0.0191. The summed E-state index contributed by atoms with van der Waals surface area (Å²) in [7, 11) is 0. The zero-order chi connectivity index (χ0) is 18.6. The first-order valence-electron chi connectivity index (χ1n) is 9.58. The number of nitrogens with zero attached hydrogens (tertiary/aromatic N) is 5. The first-order chi connectivity index (χ1) is 13.2. The van der Waals surface area contributed by atoms with Crippen LogP contribution >= 0.6 is 0 Å². The molecule has 1 aromatic heterocycles. The summed E-state index contributed by atoms with van der Waals surface area (Å²) in [6, 6.07) is 6.85. The highest BCUT2D eigenvalue weighted by Gasteiger charge is 2.22. The molecule has 0 aliphatic carbocycles. The lowest BCUT2D eigenvalue weighted by molar-refractivity contribution is 0.0723. The molecule has 27 heavy (non-hydrogen) atoms. The molecule has 7 heteroatoms. The van der Waals surface area contributed by atoms with E-state index in [1.165, 1.54) is 12.5 Å². The number of amides is 1. The Labute approximate surface area is 158 Å². The van der Waals surface area contributed by atoms with Crippen molar-refractivity contribution in [1.29, 1.82) is 0 Å². The topological polar surface area (TPSA) is 52.6 Å². The molecular weight excluding hydrogens is 345 g/mol. The maximum Gasteiger partial charge on any atom is 0.256 e. The van der Waals surface area contributed by atoms with Crippen LogP contribution in [0.15, 0.2) is 36.7 Å². The van der Waals surface area contributed by atoms with Gasteiger partial charge in [0.25, 0.3) is 5.91 Å². The fraction of sp³-hybridized carbons (Fsp3) is 0.450. The van der Waals surface area contributed by atoms with Crippen molar-refractivity contribution in [1.82, 2.24) is 14.9 Å². The van der Waals surface area contributed by atoms with Crippen LogP contribution in [0, 0.1) is 5.82 Å². The molecular formula is C20H24FN5O. The van der Waals surface area contributed by atoms with Crippen LogP contribution < -0.4 is 9.80 Å². The SMILES string of the molecule is O=C(c1cnc(N2CCN(c3ccccc3F)CC2)nc1)N1CCCCC1. The summed E-state index contributed by atoms with van der Waals surface area (Å²) in [6.45, 7) is 4.48. The number of likely N-dealkylation sites (tertiary alicyclic amines) is 1. The standard InChI is InChI=1S/C20H24FN5O/c21-17-6-2-3-7-18(17)24-10-12-26(13-11-24)20-22-14-16(15-23-20)19(27)25-8-4-1-5-9-25/h2-3,6-7,14-15H,1,4-5,8-13H2. The molecule has 2 aliphatic heterocycles. The molecule has 2 saturated heterocycles. The molecule has 0 atom stereocenters. The number of carbonyl (C=O) groups excluding carboxylic acids is 1. The maximum atomic E-state index is 14.0. The molecule has 0 radical (unpaired) electrons. The summed E-state index contributed by atoms with van der Waals surface area (Å²) in [6.07, 6.45) is 6.58. The van der Waals surface area contributed by atoms with E-state index in [0.29, 0.717) is 43.4 Å². The van der Waals surface area contributed by atoms with Gasteiger partial charge in [-0.25, -0.2) is 14.4 Å². The molecule has 0 saturated carbocycles. The molecule has 0 unspecified atom stereocenters. The molecule has 6 nitrogen and oxygen atoms in total. The van der Waals surface area contributed by atoms with Crippen molar-refractivity contribution in [2.75, 3.05) is 49.1 Å². The third kappa shape index (κ3) is 3.86. The number of hydrogen-bond donors (Lipinski definition) is 0. The van der Waals surface area contributed by atoms with Crippen LogP contribution in [-0.2, 0) is 0 Å². The number of anilines is 2. The number of para-hydroxylation sites is 1. The fourth-order valence-corrected chi connectivity index (χ4v) is 3.73. The first kappa shape index (κ1) is 17.7. The zero-order valence-corrected chi connectivity index (χ0v) is 15.4. The molecule has 3 heterocycles. The van der Waals surface area contributed by atoms with Crippen molar-refractivity contribution in [3.05, 3.63) is 48.0 Å². The van der Waals surface area contributed by atoms with Gasteiger partial charge >= 0.3 is 0 Å². The average molecular weight is 369 g/mol. The van der Waals surface area contributed by atoms with Crippen LogP contribution in [0.2, 0.25) is 0 Å². The van der Waals surface area contributed by atoms with Crippen LogP contribution in [-0.4, -0.2) is 60.0 Å². The van der Waals surface area contributed by atoms with Crippen molar-refractivity contribution < 1.29 is 9.18 Å². The average Bonchev–Trinajstić information content (AvgIpc) is 2.74. The summed E-state index contributed by atoms with van der Waals surface area (Å²) < 4.78 is 14.0. The molecule has 4 rings (SSSR count). The summed E-state index contributed by atoms with van der Waals surface area (Å²) in [5.41, 5.74) is 1.19. The highest BCUT2D eigenvalue weighted by atomic mass is 19.1. The second-order valence-corrected chi connectivity index (χ2v) is 7.05. The van der Waals surface area contributed by atoms with Gasteiger partial charge in [0.1, 0.15) is 5.82 Å². The van der Waals surface area contributed by atoms with Crippen molar-refractivity contribution >= 4 is 17.5 Å². The number of rotatable bonds is 3. The van der Waals surface area contributed by atoms with Crippen LogP contribution in [0.5, 0.6) is 0 Å². The molecule has 142 valence electrons. The van der Waals surface area contributed by atoms with Gasteiger partial charge in [-0.3, -0.25) is 4.79 Å². The lowest BCUT2D eigenvalue weighted by atomic mass is 10.1. The summed E-state index contributed by atoms with van der Waals surface area (Å²) >= 11 is 0. The molecule has 0 bridgehead atoms. The van der Waals surface area contributed by atoms with E-state index >= 15 is 0 Å². The van der Waals surface area contributed by atoms with Gasteiger partial charge in [0.05, 0.1) is 11.3 Å². The first-order valence-corrected chi connectivity index (χ1v) is 9.58. The number of piperazine rings is 1. The van der Waals surface area contributed by atoms with E-state index in [4.69, 9.17) is 0 Å². The summed E-state index contributed by atoms with van der Waals surface area (Å²) in [5.74, 6) is 0.451. The predicted molar refractivity (Wildman–Crippen MR) is 103 cm³/mol. The van der Waals surface area contributed by atoms with Gasteiger partial charge in [-0.05, 0) is 31.4 Å². The Morgan fingerprint density at radius 2 is 1.48 bits per heavy atom. The summed E-state index contributed by atoms with van der Waals surface area (Å²) in [4.78, 5) is 27.3. The number of halogens is 1. The lowest BCUT2D eigenvalue weighted by Gasteiger charge is -2.36. The van der Waals surface area contributed by atoms with Crippen LogP contribution in [0.1, 0.15) is 29.6 Å². The Morgan fingerprint density at radius 3 is 2.15 bits per heavy atom. The second-order valence-electron chi connectivity index (χ2n) is 7.05. The lowest BCUT2D eigenvalue weighted by Crippen LogP contribution is -2.47. The fourth-order valence-electron chi connectivity index (χ4n) is 3.73. The smallest absolute Gasteiger partial charge is 0.256 e. The zero-order valence-electron chi connectivity index (χ0n) is 15.4. The molecule has 2 aliphatic rings. The number of hydrogen-bond acceptors (Lipinski definition) is 5. The third-order valence-corrected chi connectivity index (χ3v) is 5.28. The van der Waals surface area contributed by atoms with E-state index in [1.54, 1.807) is 18.5 Å². The quantitative estimate of drug-likeness (QED) is 0.832. The Morgan fingerprint density at radius 1 is 0.852 bits per heavy atom. The largest absolute Gasteiger partial charge is 0.366 e. The van der Waals surface area contributed by atoms with Gasteiger partial charge in [0.2, 0.25) is 5.95 Å². The molecule has 0 N–H and O–H groups in total. The van der Waals surface area contributed by atoms with Gasteiger partial charge in [-0.2, -0.15) is 0 Å². The Kier molecular flexibility index (Phi) is 5.18. The Balaban J connectivity index is 1.37.